The fraction of sp³-hybridized carbons (Fsp3) is 0.688. The van der Waals surface area contributed by atoms with Gasteiger partial charge in [0.2, 0.25) is 11.7 Å². The van der Waals surface area contributed by atoms with Crippen molar-refractivity contribution in [3.05, 3.63) is 12.1 Å². The Morgan fingerprint density at radius 3 is 2.37 bits per heavy atom. The lowest BCUT2D eigenvalue weighted by Crippen LogP contribution is -2.65. The summed E-state index contributed by atoms with van der Waals surface area (Å²) in [6.07, 6.45) is -9.46. The van der Waals surface area contributed by atoms with E-state index in [4.69, 9.17) is 0 Å². The van der Waals surface area contributed by atoms with Gasteiger partial charge >= 0.3 is 12.5 Å². The van der Waals surface area contributed by atoms with E-state index in [0.29, 0.717) is 0 Å². The van der Waals surface area contributed by atoms with Gasteiger partial charge in [-0.15, -0.1) is 13.2 Å². The lowest BCUT2D eigenvalue weighted by atomic mass is 9.99. The maximum absolute atomic E-state index is 14.6. The van der Waals surface area contributed by atoms with Gasteiger partial charge in [0, 0.05) is 19.6 Å². The lowest BCUT2D eigenvalue weighted by molar-refractivity contribution is -0.359. The van der Waals surface area contributed by atoms with Crippen LogP contribution >= 0.6 is 0 Å². The quantitative estimate of drug-likeness (QED) is 0.703. The van der Waals surface area contributed by atoms with Gasteiger partial charge in [0.15, 0.2) is 11.6 Å². The van der Waals surface area contributed by atoms with E-state index in [9.17, 15) is 35.5 Å². The average molecular weight is 445 g/mol. The van der Waals surface area contributed by atoms with Crippen LogP contribution in [-0.4, -0.2) is 71.1 Å². The first-order valence-corrected chi connectivity index (χ1v) is 8.91. The molecule has 7 nitrogen and oxygen atoms in total. The summed E-state index contributed by atoms with van der Waals surface area (Å²) in [5.41, 5.74) is 0. The van der Waals surface area contributed by atoms with Gasteiger partial charge in [-0.2, -0.15) is 17.6 Å². The number of nitrogens with one attached hydrogen (secondary N) is 1. The fourth-order valence-electron chi connectivity index (χ4n) is 3.23. The number of hydrogen-bond donors (Lipinski definition) is 1. The van der Waals surface area contributed by atoms with Gasteiger partial charge < -0.3 is 15.1 Å². The lowest BCUT2D eigenvalue weighted by Gasteiger charge is -2.46. The first-order chi connectivity index (χ1) is 13.8. The Morgan fingerprint density at radius 2 is 1.83 bits per heavy atom. The molecule has 14 heteroatoms. The number of hydrogen-bond acceptors (Lipinski definition) is 6. The summed E-state index contributed by atoms with van der Waals surface area (Å²) in [6, 6.07) is -1.90. The first-order valence-electron chi connectivity index (χ1n) is 8.91. The largest absolute Gasteiger partial charge is 0.522 e. The molecule has 1 N–H and O–H groups in total. The molecule has 1 aromatic heterocycles. The number of rotatable bonds is 5. The van der Waals surface area contributed by atoms with E-state index < -0.39 is 67.3 Å². The summed E-state index contributed by atoms with van der Waals surface area (Å²) in [5.74, 6) is -3.93. The monoisotopic (exact) mass is 445 g/mol. The average Bonchev–Trinajstić information content (AvgIpc) is 2.57. The first kappa shape index (κ1) is 22.3. The smallest absolute Gasteiger partial charge is 0.356 e. The van der Waals surface area contributed by atoms with Crippen molar-refractivity contribution in [2.75, 3.05) is 29.9 Å². The van der Waals surface area contributed by atoms with Crippen molar-refractivity contribution >= 4 is 17.5 Å². The Bertz CT molecular complexity index is 797. The number of likely N-dealkylation sites (tertiary alicyclic amines) is 1. The molecule has 3 heterocycles. The number of anilines is 2. The molecule has 3 rings (SSSR count). The van der Waals surface area contributed by atoms with Crippen LogP contribution in [0, 0.1) is 11.7 Å². The molecule has 0 radical (unpaired) electrons. The van der Waals surface area contributed by atoms with Crippen LogP contribution < -0.4 is 10.2 Å². The van der Waals surface area contributed by atoms with Crippen LogP contribution in [-0.2, 0) is 9.53 Å². The minimum absolute atomic E-state index is 0.282. The van der Waals surface area contributed by atoms with Gasteiger partial charge in [-0.05, 0) is 13.8 Å². The fourth-order valence-corrected chi connectivity index (χ4v) is 3.23. The van der Waals surface area contributed by atoms with Crippen LogP contribution in [0.3, 0.4) is 0 Å². The van der Waals surface area contributed by atoms with Crippen LogP contribution in [0.1, 0.15) is 13.8 Å². The highest BCUT2D eigenvalue weighted by Crippen LogP contribution is 2.37. The van der Waals surface area contributed by atoms with E-state index in [2.05, 4.69) is 20.0 Å². The Hall–Kier alpha value is -2.38. The minimum atomic E-state index is -4.82. The van der Waals surface area contributed by atoms with Gasteiger partial charge in [-0.25, -0.2) is 9.97 Å². The van der Waals surface area contributed by atoms with E-state index in [1.807, 2.05) is 0 Å². The van der Waals surface area contributed by atoms with Crippen molar-refractivity contribution in [1.82, 2.24) is 14.9 Å². The van der Waals surface area contributed by atoms with Crippen molar-refractivity contribution in [3.63, 3.8) is 0 Å². The van der Waals surface area contributed by atoms with Crippen LogP contribution in [0.15, 0.2) is 6.33 Å². The number of ether oxygens (including phenoxy) is 1. The molecule has 0 aromatic carbocycles. The zero-order valence-corrected chi connectivity index (χ0v) is 15.8. The maximum Gasteiger partial charge on any atom is 0.522 e. The van der Waals surface area contributed by atoms with Gasteiger partial charge in [0.25, 0.3) is 0 Å². The summed E-state index contributed by atoms with van der Waals surface area (Å²) in [5, 5.41) is 2.50. The molecule has 2 fully saturated rings. The second-order valence-electron chi connectivity index (χ2n) is 7.20. The summed E-state index contributed by atoms with van der Waals surface area (Å²) >= 11 is 0. The highest BCUT2D eigenvalue weighted by Gasteiger charge is 2.49. The molecule has 0 aliphatic carbocycles. The third-order valence-electron chi connectivity index (χ3n) is 5.11. The molecule has 168 valence electrons. The van der Waals surface area contributed by atoms with Gasteiger partial charge in [0.05, 0.1) is 12.0 Å². The molecule has 0 saturated carbocycles. The molecule has 2 saturated heterocycles. The highest BCUT2D eigenvalue weighted by molar-refractivity contribution is 5.85. The SMILES string of the molecule is C[C@@H](Nc1ncnc(N2CC(C(F)(F)F)C2)c1F)C(=O)N1C[C@H](OC(F)(F)F)[C@@H]1C. The Kier molecular flexibility index (Phi) is 5.73. The molecular weight excluding hydrogens is 427 g/mol. The van der Waals surface area contributed by atoms with Gasteiger partial charge in [-0.1, -0.05) is 0 Å². The number of aromatic nitrogens is 2. The molecule has 1 aromatic rings. The predicted molar refractivity (Wildman–Crippen MR) is 88.9 cm³/mol. The summed E-state index contributed by atoms with van der Waals surface area (Å²) in [4.78, 5) is 22.0. The van der Waals surface area contributed by atoms with Crippen LogP contribution in [0.5, 0.6) is 0 Å². The molecule has 0 unspecified atom stereocenters. The molecule has 30 heavy (non-hydrogen) atoms. The van der Waals surface area contributed by atoms with Gasteiger partial charge in [-0.3, -0.25) is 9.53 Å². The van der Waals surface area contributed by atoms with E-state index in [0.717, 1.165) is 16.1 Å². The number of amides is 1. The zero-order valence-electron chi connectivity index (χ0n) is 15.8. The molecule has 1 amide bonds. The second kappa shape index (κ2) is 7.71. The Labute approximate surface area is 166 Å². The summed E-state index contributed by atoms with van der Waals surface area (Å²) in [6.45, 7) is 1.57. The third-order valence-corrected chi connectivity index (χ3v) is 5.11. The standard InChI is InChI=1S/C16H18F7N5O2/c1-7(14(29)28-5-10(8(28)2)30-16(21,22)23)26-12-11(17)13(25-6-24-12)27-3-9(4-27)15(18,19)20/h6-10H,3-5H2,1-2H3,(H,24,25,26)/t7-,8+,10+/m1/s1. The number of carbonyl (C=O) groups is 1. The van der Waals surface area contributed by atoms with E-state index >= 15 is 0 Å². The molecule has 0 spiro atoms. The van der Waals surface area contributed by atoms with E-state index in [1.54, 1.807) is 0 Å². The third kappa shape index (κ3) is 4.52. The second-order valence-corrected chi connectivity index (χ2v) is 7.20. The molecule has 2 aliphatic heterocycles. The Balaban J connectivity index is 1.60. The normalized spacial score (nSPS) is 23.6. The zero-order chi connectivity index (χ0) is 22.4. The number of alkyl halides is 6. The summed E-state index contributed by atoms with van der Waals surface area (Å²) in [7, 11) is 0. The predicted octanol–water partition coefficient (Wildman–Crippen LogP) is 2.55. The number of halogens is 7. The molecule has 3 atom stereocenters. The molecule has 2 aliphatic rings. The van der Waals surface area contributed by atoms with E-state index in [-0.39, 0.29) is 12.4 Å². The topological polar surface area (TPSA) is 70.6 Å². The van der Waals surface area contributed by atoms with E-state index in [1.165, 1.54) is 13.8 Å². The van der Waals surface area contributed by atoms with Gasteiger partial charge in [0.1, 0.15) is 18.5 Å². The highest BCUT2D eigenvalue weighted by atomic mass is 19.4. The minimum Gasteiger partial charge on any atom is -0.356 e. The van der Waals surface area contributed by atoms with Crippen LogP contribution in [0.25, 0.3) is 0 Å². The number of carbonyl (C=O) groups excluding carboxylic acids is 1. The van der Waals surface area contributed by atoms with Crippen molar-refractivity contribution in [2.45, 2.75) is 44.6 Å². The summed E-state index contributed by atoms with van der Waals surface area (Å²) < 4.78 is 93.2. The van der Waals surface area contributed by atoms with Crippen molar-refractivity contribution in [1.29, 1.82) is 0 Å². The van der Waals surface area contributed by atoms with Crippen molar-refractivity contribution in [2.24, 2.45) is 5.92 Å². The Morgan fingerprint density at radius 1 is 1.20 bits per heavy atom. The van der Waals surface area contributed by atoms with Crippen molar-refractivity contribution < 1.29 is 40.3 Å². The van der Waals surface area contributed by atoms with Crippen LogP contribution in [0.2, 0.25) is 0 Å². The molecular formula is C16H18F7N5O2. The number of nitrogens with zero attached hydrogens (tertiary/aromatic N) is 4. The van der Waals surface area contributed by atoms with Crippen LogP contribution in [0.4, 0.5) is 42.4 Å². The maximum atomic E-state index is 14.6. The molecule has 0 bridgehead atoms. The van der Waals surface area contributed by atoms with Crippen molar-refractivity contribution in [3.8, 4) is 0 Å².